The van der Waals surface area contributed by atoms with E-state index in [1.54, 1.807) is 11.3 Å². The summed E-state index contributed by atoms with van der Waals surface area (Å²) in [4.78, 5) is 5.63. The standard InChI is InChI=1S/C8H13ClN2S/c1-6-7(2)12-8(11-6)10-5-3-4-9/h3-5H2,1-2H3,(H,10,11). The molecule has 0 aliphatic rings. The van der Waals surface area contributed by atoms with Gasteiger partial charge in [0.15, 0.2) is 5.13 Å². The number of thiazole rings is 1. The highest BCUT2D eigenvalue weighted by atomic mass is 35.5. The van der Waals surface area contributed by atoms with Crippen molar-refractivity contribution in [3.05, 3.63) is 10.6 Å². The maximum absolute atomic E-state index is 5.55. The highest BCUT2D eigenvalue weighted by molar-refractivity contribution is 7.15. The van der Waals surface area contributed by atoms with E-state index in [-0.39, 0.29) is 0 Å². The number of nitrogens with zero attached hydrogens (tertiary/aromatic N) is 1. The number of aryl methyl sites for hydroxylation is 2. The second kappa shape index (κ2) is 4.67. The summed E-state index contributed by atoms with van der Waals surface area (Å²) >= 11 is 7.25. The highest BCUT2D eigenvalue weighted by Gasteiger charge is 2.01. The first-order chi connectivity index (χ1) is 5.74. The van der Waals surface area contributed by atoms with E-state index in [0.717, 1.165) is 23.8 Å². The van der Waals surface area contributed by atoms with Crippen LogP contribution in [0.15, 0.2) is 0 Å². The van der Waals surface area contributed by atoms with E-state index in [1.165, 1.54) is 4.88 Å². The van der Waals surface area contributed by atoms with Gasteiger partial charge in [0, 0.05) is 17.3 Å². The van der Waals surface area contributed by atoms with Gasteiger partial charge in [-0.25, -0.2) is 4.98 Å². The van der Waals surface area contributed by atoms with Crippen molar-refractivity contribution in [1.82, 2.24) is 4.98 Å². The van der Waals surface area contributed by atoms with Gasteiger partial charge in [-0.15, -0.1) is 22.9 Å². The van der Waals surface area contributed by atoms with Crippen LogP contribution in [0.5, 0.6) is 0 Å². The fourth-order valence-electron chi connectivity index (χ4n) is 0.810. The molecule has 0 spiro atoms. The number of hydrogen-bond donors (Lipinski definition) is 1. The van der Waals surface area contributed by atoms with Crippen molar-refractivity contribution in [3.63, 3.8) is 0 Å². The smallest absolute Gasteiger partial charge is 0.183 e. The van der Waals surface area contributed by atoms with Crippen LogP contribution in [-0.4, -0.2) is 17.4 Å². The molecule has 1 rings (SSSR count). The number of anilines is 1. The van der Waals surface area contributed by atoms with Crippen LogP contribution < -0.4 is 5.32 Å². The lowest BCUT2D eigenvalue weighted by Crippen LogP contribution is -2.01. The monoisotopic (exact) mass is 204 g/mol. The Bertz CT molecular complexity index is 228. The van der Waals surface area contributed by atoms with Crippen molar-refractivity contribution < 1.29 is 0 Å². The van der Waals surface area contributed by atoms with Crippen molar-refractivity contribution in [2.45, 2.75) is 20.3 Å². The first kappa shape index (κ1) is 9.81. The minimum atomic E-state index is 0.705. The predicted octanol–water partition coefficient (Wildman–Crippen LogP) is 2.80. The van der Waals surface area contributed by atoms with Gasteiger partial charge in [-0.3, -0.25) is 0 Å². The van der Waals surface area contributed by atoms with Gasteiger partial charge in [-0.1, -0.05) is 0 Å². The summed E-state index contributed by atoms with van der Waals surface area (Å²) in [6.07, 6.45) is 0.985. The van der Waals surface area contributed by atoms with E-state index >= 15 is 0 Å². The molecule has 0 unspecified atom stereocenters. The van der Waals surface area contributed by atoms with Gasteiger partial charge in [-0.2, -0.15) is 0 Å². The number of rotatable bonds is 4. The Morgan fingerprint density at radius 1 is 1.50 bits per heavy atom. The van der Waals surface area contributed by atoms with Crippen LogP contribution in [0.3, 0.4) is 0 Å². The van der Waals surface area contributed by atoms with Crippen LogP contribution in [0.2, 0.25) is 0 Å². The Hall–Kier alpha value is -0.280. The Kier molecular flexibility index (Phi) is 3.82. The van der Waals surface area contributed by atoms with Crippen molar-refractivity contribution in [2.24, 2.45) is 0 Å². The molecule has 0 radical (unpaired) electrons. The second-order valence-electron chi connectivity index (χ2n) is 2.63. The zero-order valence-electron chi connectivity index (χ0n) is 7.35. The number of aromatic nitrogens is 1. The van der Waals surface area contributed by atoms with Crippen molar-refractivity contribution in [2.75, 3.05) is 17.7 Å². The van der Waals surface area contributed by atoms with Crippen molar-refractivity contribution >= 4 is 28.1 Å². The molecule has 68 valence electrons. The molecule has 0 bridgehead atoms. The molecule has 4 heteroatoms. The molecule has 0 amide bonds. The van der Waals surface area contributed by atoms with E-state index in [0.29, 0.717) is 5.88 Å². The van der Waals surface area contributed by atoms with Gasteiger partial charge in [-0.05, 0) is 20.3 Å². The number of alkyl halides is 1. The topological polar surface area (TPSA) is 24.9 Å². The maximum Gasteiger partial charge on any atom is 0.183 e. The normalized spacial score (nSPS) is 10.2. The van der Waals surface area contributed by atoms with Crippen LogP contribution in [-0.2, 0) is 0 Å². The summed E-state index contributed by atoms with van der Waals surface area (Å²) in [7, 11) is 0. The lowest BCUT2D eigenvalue weighted by molar-refractivity contribution is 0.981. The highest BCUT2D eigenvalue weighted by Crippen LogP contribution is 2.20. The summed E-state index contributed by atoms with van der Waals surface area (Å²) in [5.74, 6) is 0.705. The van der Waals surface area contributed by atoms with Crippen LogP contribution in [0.25, 0.3) is 0 Å². The van der Waals surface area contributed by atoms with E-state index in [9.17, 15) is 0 Å². The number of hydrogen-bond acceptors (Lipinski definition) is 3. The molecule has 0 saturated heterocycles. The zero-order chi connectivity index (χ0) is 8.97. The quantitative estimate of drug-likeness (QED) is 0.603. The average Bonchev–Trinajstić information content (AvgIpc) is 2.32. The second-order valence-corrected chi connectivity index (χ2v) is 4.21. The molecule has 1 aromatic rings. The van der Waals surface area contributed by atoms with Crippen LogP contribution in [0.1, 0.15) is 17.0 Å². The van der Waals surface area contributed by atoms with Gasteiger partial charge in [0.05, 0.1) is 5.69 Å². The molecule has 1 heterocycles. The molecule has 0 atom stereocenters. The molecule has 12 heavy (non-hydrogen) atoms. The predicted molar refractivity (Wildman–Crippen MR) is 55.4 cm³/mol. The van der Waals surface area contributed by atoms with Crippen LogP contribution in [0, 0.1) is 13.8 Å². The van der Waals surface area contributed by atoms with Crippen molar-refractivity contribution in [1.29, 1.82) is 0 Å². The molecule has 0 aliphatic carbocycles. The van der Waals surface area contributed by atoms with Gasteiger partial charge in [0.25, 0.3) is 0 Å². The minimum Gasteiger partial charge on any atom is -0.361 e. The lowest BCUT2D eigenvalue weighted by Gasteiger charge is -1.97. The van der Waals surface area contributed by atoms with Crippen LogP contribution >= 0.6 is 22.9 Å². The summed E-state index contributed by atoms with van der Waals surface area (Å²) in [6.45, 7) is 5.02. The molecule has 0 fully saturated rings. The fourth-order valence-corrected chi connectivity index (χ4v) is 1.78. The summed E-state index contributed by atoms with van der Waals surface area (Å²) in [5, 5.41) is 4.24. The third kappa shape index (κ3) is 2.64. The molecule has 0 aliphatic heterocycles. The maximum atomic E-state index is 5.55. The summed E-state index contributed by atoms with van der Waals surface area (Å²) in [5.41, 5.74) is 1.12. The molecule has 1 N–H and O–H groups in total. The molecule has 1 aromatic heterocycles. The van der Waals surface area contributed by atoms with Crippen molar-refractivity contribution in [3.8, 4) is 0 Å². The van der Waals surface area contributed by atoms with Gasteiger partial charge >= 0.3 is 0 Å². The van der Waals surface area contributed by atoms with Gasteiger partial charge in [0.1, 0.15) is 0 Å². The molecular formula is C8H13ClN2S. The largest absolute Gasteiger partial charge is 0.361 e. The first-order valence-corrected chi connectivity index (χ1v) is 5.33. The molecule has 0 aromatic carbocycles. The van der Waals surface area contributed by atoms with Gasteiger partial charge in [0.2, 0.25) is 0 Å². The molecule has 2 nitrogen and oxygen atoms in total. The van der Waals surface area contributed by atoms with E-state index < -0.39 is 0 Å². The molecular weight excluding hydrogens is 192 g/mol. The summed E-state index contributed by atoms with van der Waals surface area (Å²) in [6, 6.07) is 0. The Balaban J connectivity index is 2.42. The average molecular weight is 205 g/mol. The van der Waals surface area contributed by atoms with E-state index in [4.69, 9.17) is 11.6 Å². The van der Waals surface area contributed by atoms with Crippen LogP contribution in [0.4, 0.5) is 5.13 Å². The van der Waals surface area contributed by atoms with Gasteiger partial charge < -0.3 is 5.32 Å². The van der Waals surface area contributed by atoms with E-state index in [2.05, 4.69) is 17.2 Å². The zero-order valence-corrected chi connectivity index (χ0v) is 8.93. The number of nitrogens with one attached hydrogen (secondary N) is 1. The molecule has 0 saturated carbocycles. The Labute approximate surface area is 82.0 Å². The SMILES string of the molecule is Cc1nc(NCCCCl)sc1C. The minimum absolute atomic E-state index is 0.705. The Morgan fingerprint density at radius 3 is 2.75 bits per heavy atom. The first-order valence-electron chi connectivity index (χ1n) is 3.98. The summed E-state index contributed by atoms with van der Waals surface area (Å²) < 4.78 is 0. The lowest BCUT2D eigenvalue weighted by atomic mass is 10.4. The third-order valence-corrected chi connectivity index (χ3v) is 2.91. The fraction of sp³-hybridized carbons (Fsp3) is 0.625. The van der Waals surface area contributed by atoms with E-state index in [1.807, 2.05) is 6.92 Å². The Morgan fingerprint density at radius 2 is 2.25 bits per heavy atom. The number of halogens is 1. The third-order valence-electron chi connectivity index (χ3n) is 1.62.